The number of nitrogen functional groups attached to an aromatic ring is 2. The van der Waals surface area contributed by atoms with Crippen molar-refractivity contribution in [2.24, 2.45) is 5.73 Å². The minimum absolute atomic E-state index is 0.0835. The molecule has 1 unspecified atom stereocenters. The van der Waals surface area contributed by atoms with Crippen LogP contribution in [0.4, 0.5) is 17.1 Å². The first kappa shape index (κ1) is 15.2. The number of fused-ring (bicyclic) bond motifs is 1. The van der Waals surface area contributed by atoms with Crippen molar-refractivity contribution < 1.29 is 9.66 Å². The third-order valence-electron chi connectivity index (χ3n) is 3.87. The first-order valence-electron chi connectivity index (χ1n) is 6.93. The summed E-state index contributed by atoms with van der Waals surface area (Å²) in [5.74, 6) is -0.455. The van der Waals surface area contributed by atoms with Gasteiger partial charge in [-0.25, -0.2) is 0 Å². The second-order valence-corrected chi connectivity index (χ2v) is 5.26. The molecule has 0 saturated carbocycles. The standard InChI is InChI=1S/C16H13N5O3/c17-7-11-13(8-2-1-3-9(6-8)21(22)23)10-4-5-12(18)14(19)15(10)24-16(11)20/h1-6,13H,18-20H2. The minimum atomic E-state index is -0.624. The number of hydrogen-bond acceptors (Lipinski definition) is 7. The van der Waals surface area contributed by atoms with Crippen molar-refractivity contribution in [1.29, 1.82) is 5.26 Å². The second-order valence-electron chi connectivity index (χ2n) is 5.26. The molecule has 2 aromatic rings. The van der Waals surface area contributed by atoms with Crippen LogP contribution in [0.5, 0.6) is 5.75 Å². The highest BCUT2D eigenvalue weighted by molar-refractivity contribution is 5.76. The van der Waals surface area contributed by atoms with Gasteiger partial charge in [-0.1, -0.05) is 18.2 Å². The van der Waals surface area contributed by atoms with E-state index in [9.17, 15) is 15.4 Å². The average molecular weight is 323 g/mol. The van der Waals surface area contributed by atoms with Crippen LogP contribution in [0.25, 0.3) is 0 Å². The molecule has 0 spiro atoms. The molecule has 8 nitrogen and oxygen atoms in total. The maximum Gasteiger partial charge on any atom is 0.269 e. The van der Waals surface area contributed by atoms with Crippen molar-refractivity contribution in [2.45, 2.75) is 5.92 Å². The molecule has 120 valence electrons. The van der Waals surface area contributed by atoms with Gasteiger partial charge in [0.05, 0.1) is 22.2 Å². The zero-order valence-corrected chi connectivity index (χ0v) is 12.4. The van der Waals surface area contributed by atoms with Crippen LogP contribution in [-0.4, -0.2) is 4.92 Å². The molecular weight excluding hydrogens is 310 g/mol. The Kier molecular flexibility index (Phi) is 3.46. The summed E-state index contributed by atoms with van der Waals surface area (Å²) in [5, 5.41) is 20.5. The van der Waals surface area contributed by atoms with E-state index in [2.05, 4.69) is 0 Å². The summed E-state index contributed by atoms with van der Waals surface area (Å²) in [7, 11) is 0. The van der Waals surface area contributed by atoms with E-state index in [-0.39, 0.29) is 28.6 Å². The van der Waals surface area contributed by atoms with Gasteiger partial charge in [0.15, 0.2) is 5.75 Å². The van der Waals surface area contributed by atoms with Gasteiger partial charge in [-0.15, -0.1) is 0 Å². The lowest BCUT2D eigenvalue weighted by atomic mass is 9.83. The van der Waals surface area contributed by atoms with E-state index in [0.29, 0.717) is 16.8 Å². The monoisotopic (exact) mass is 323 g/mol. The number of nitrogens with two attached hydrogens (primary N) is 3. The number of rotatable bonds is 2. The predicted molar refractivity (Wildman–Crippen MR) is 87.7 cm³/mol. The van der Waals surface area contributed by atoms with Crippen LogP contribution in [0.15, 0.2) is 47.9 Å². The number of nitro benzene ring substituents is 1. The van der Waals surface area contributed by atoms with Gasteiger partial charge in [0.2, 0.25) is 5.88 Å². The number of benzene rings is 2. The lowest BCUT2D eigenvalue weighted by Gasteiger charge is -2.27. The lowest BCUT2D eigenvalue weighted by molar-refractivity contribution is -0.384. The fraction of sp³-hybridized carbons (Fsp3) is 0.0625. The van der Waals surface area contributed by atoms with Gasteiger partial charge in [-0.05, 0) is 11.6 Å². The molecular formula is C16H13N5O3. The van der Waals surface area contributed by atoms with E-state index in [1.807, 2.05) is 6.07 Å². The van der Waals surface area contributed by atoms with E-state index < -0.39 is 10.8 Å². The Morgan fingerprint density at radius 2 is 1.96 bits per heavy atom. The molecule has 0 aliphatic carbocycles. The molecule has 0 bridgehead atoms. The third-order valence-corrected chi connectivity index (χ3v) is 3.87. The Hall–Kier alpha value is -3.73. The fourth-order valence-electron chi connectivity index (χ4n) is 2.72. The number of nitrogens with zero attached hydrogens (tertiary/aromatic N) is 2. The number of non-ortho nitro benzene ring substituents is 1. The summed E-state index contributed by atoms with van der Waals surface area (Å²) >= 11 is 0. The van der Waals surface area contributed by atoms with Gasteiger partial charge < -0.3 is 21.9 Å². The highest BCUT2D eigenvalue weighted by atomic mass is 16.6. The largest absolute Gasteiger partial charge is 0.438 e. The highest BCUT2D eigenvalue weighted by Crippen LogP contribution is 2.46. The van der Waals surface area contributed by atoms with Crippen LogP contribution in [0, 0.1) is 21.4 Å². The highest BCUT2D eigenvalue weighted by Gasteiger charge is 2.32. The minimum Gasteiger partial charge on any atom is -0.438 e. The van der Waals surface area contributed by atoms with Crippen molar-refractivity contribution in [1.82, 2.24) is 0 Å². The average Bonchev–Trinajstić information content (AvgIpc) is 2.57. The van der Waals surface area contributed by atoms with Gasteiger partial charge in [-0.3, -0.25) is 10.1 Å². The molecule has 0 radical (unpaired) electrons. The molecule has 0 fully saturated rings. The summed E-state index contributed by atoms with van der Waals surface area (Å²) in [5.41, 5.74) is 19.3. The van der Waals surface area contributed by atoms with Crippen LogP contribution in [0.2, 0.25) is 0 Å². The Morgan fingerprint density at radius 1 is 1.21 bits per heavy atom. The van der Waals surface area contributed by atoms with E-state index in [1.165, 1.54) is 12.1 Å². The number of hydrogen-bond donors (Lipinski definition) is 3. The maximum absolute atomic E-state index is 11.0. The van der Waals surface area contributed by atoms with Gasteiger partial charge in [-0.2, -0.15) is 5.26 Å². The summed E-state index contributed by atoms with van der Waals surface area (Å²) in [4.78, 5) is 10.5. The lowest BCUT2D eigenvalue weighted by Crippen LogP contribution is -2.22. The molecule has 6 N–H and O–H groups in total. The number of anilines is 2. The molecule has 3 rings (SSSR count). The van der Waals surface area contributed by atoms with Crippen LogP contribution < -0.4 is 21.9 Å². The van der Waals surface area contributed by atoms with E-state index in [4.69, 9.17) is 21.9 Å². The normalized spacial score (nSPS) is 16.0. The van der Waals surface area contributed by atoms with Crippen molar-refractivity contribution >= 4 is 17.1 Å². The summed E-state index contributed by atoms with van der Waals surface area (Å²) in [6.45, 7) is 0. The van der Waals surface area contributed by atoms with Gasteiger partial charge in [0, 0.05) is 17.7 Å². The molecule has 1 atom stereocenters. The molecule has 0 amide bonds. The number of allylic oxidation sites excluding steroid dienone is 1. The molecule has 1 aliphatic heterocycles. The number of nitro groups is 1. The smallest absolute Gasteiger partial charge is 0.269 e. The summed E-state index contributed by atoms with van der Waals surface area (Å²) in [6, 6.07) is 11.3. The van der Waals surface area contributed by atoms with E-state index in [1.54, 1.807) is 24.3 Å². The number of nitriles is 1. The molecule has 0 aromatic heterocycles. The van der Waals surface area contributed by atoms with Crippen LogP contribution in [0.1, 0.15) is 17.0 Å². The Balaban J connectivity index is 2.26. The molecule has 24 heavy (non-hydrogen) atoms. The summed E-state index contributed by atoms with van der Waals surface area (Å²) < 4.78 is 5.47. The SMILES string of the molecule is N#CC1=C(N)Oc2c(ccc(N)c2N)C1c1cccc([N+](=O)[O-])c1. The Bertz CT molecular complexity index is 930. The van der Waals surface area contributed by atoms with Gasteiger partial charge >= 0.3 is 0 Å². The summed E-state index contributed by atoms with van der Waals surface area (Å²) in [6.07, 6.45) is 0. The molecule has 8 heteroatoms. The zero-order valence-electron chi connectivity index (χ0n) is 12.4. The molecule has 1 heterocycles. The fourth-order valence-corrected chi connectivity index (χ4v) is 2.72. The van der Waals surface area contributed by atoms with Crippen molar-refractivity contribution in [3.8, 4) is 11.8 Å². The Morgan fingerprint density at radius 3 is 2.62 bits per heavy atom. The van der Waals surface area contributed by atoms with Crippen LogP contribution >= 0.6 is 0 Å². The van der Waals surface area contributed by atoms with Crippen molar-refractivity contribution in [2.75, 3.05) is 11.5 Å². The maximum atomic E-state index is 11.0. The third kappa shape index (κ3) is 2.24. The molecule has 2 aromatic carbocycles. The van der Waals surface area contributed by atoms with Crippen molar-refractivity contribution in [3.63, 3.8) is 0 Å². The van der Waals surface area contributed by atoms with E-state index >= 15 is 0 Å². The van der Waals surface area contributed by atoms with E-state index in [0.717, 1.165) is 0 Å². The molecule has 0 saturated heterocycles. The van der Waals surface area contributed by atoms with Crippen molar-refractivity contribution in [3.05, 3.63) is 69.1 Å². The van der Waals surface area contributed by atoms with Crippen LogP contribution in [0.3, 0.4) is 0 Å². The molecule has 1 aliphatic rings. The zero-order chi connectivity index (χ0) is 17.4. The first-order chi connectivity index (χ1) is 11.4. The quantitative estimate of drug-likeness (QED) is 0.433. The first-order valence-corrected chi connectivity index (χ1v) is 6.93. The topological polar surface area (TPSA) is 154 Å². The van der Waals surface area contributed by atoms with Crippen LogP contribution in [-0.2, 0) is 0 Å². The van der Waals surface area contributed by atoms with Gasteiger partial charge in [0.25, 0.3) is 5.69 Å². The van der Waals surface area contributed by atoms with Gasteiger partial charge in [0.1, 0.15) is 11.6 Å². The Labute approximate surface area is 136 Å². The second kappa shape index (κ2) is 5.48. The number of ether oxygens (including phenoxy) is 1. The predicted octanol–water partition coefficient (Wildman–Crippen LogP) is 1.98.